The number of nitrogens with one attached hydrogen (secondary N) is 3. The highest BCUT2D eigenvalue weighted by atomic mass is 16.5. The van der Waals surface area contributed by atoms with Gasteiger partial charge in [0.05, 0.1) is 24.0 Å². The average Bonchev–Trinajstić information content (AvgIpc) is 2.84. The van der Waals surface area contributed by atoms with Gasteiger partial charge in [0, 0.05) is 26.1 Å². The molecule has 0 aliphatic carbocycles. The number of carbonyl (C=O) groups excluding carboxylic acids is 3. The first-order chi connectivity index (χ1) is 16.5. The van der Waals surface area contributed by atoms with Crippen molar-refractivity contribution >= 4 is 29.5 Å². The third-order valence-corrected chi connectivity index (χ3v) is 6.15. The summed E-state index contributed by atoms with van der Waals surface area (Å²) in [4.78, 5) is 59.4. The van der Waals surface area contributed by atoms with Crippen LogP contribution >= 0.6 is 0 Å². The van der Waals surface area contributed by atoms with E-state index in [-0.39, 0.29) is 47.5 Å². The molecule has 2 aliphatic rings. The van der Waals surface area contributed by atoms with Crippen LogP contribution in [0.5, 0.6) is 0 Å². The lowest BCUT2D eigenvalue weighted by atomic mass is 9.92. The van der Waals surface area contributed by atoms with Gasteiger partial charge in [0.1, 0.15) is 5.82 Å². The molecule has 0 radical (unpaired) electrons. The van der Waals surface area contributed by atoms with Crippen molar-refractivity contribution in [1.82, 2.24) is 15.3 Å². The number of rotatable bonds is 7. The van der Waals surface area contributed by atoms with Gasteiger partial charge in [-0.25, -0.2) is 0 Å². The van der Waals surface area contributed by atoms with E-state index < -0.39 is 11.5 Å². The molecule has 1 aromatic carbocycles. The number of esters is 1. The smallest absolute Gasteiger partial charge is 0.310 e. The molecule has 0 spiro atoms. The average molecular weight is 468 g/mol. The van der Waals surface area contributed by atoms with Gasteiger partial charge in [-0.15, -0.1) is 0 Å². The summed E-state index contributed by atoms with van der Waals surface area (Å²) in [5, 5.41) is 5.47. The van der Waals surface area contributed by atoms with Crippen molar-refractivity contribution < 1.29 is 19.1 Å². The van der Waals surface area contributed by atoms with Crippen molar-refractivity contribution in [3.63, 3.8) is 0 Å². The largest absolute Gasteiger partial charge is 0.466 e. The first-order valence-electron chi connectivity index (χ1n) is 11.6. The van der Waals surface area contributed by atoms with Crippen molar-refractivity contribution in [2.24, 2.45) is 5.92 Å². The molecule has 2 unspecified atom stereocenters. The number of fused-ring (bicyclic) bond motifs is 1. The Hall–Kier alpha value is -3.69. The number of anilines is 2. The van der Waals surface area contributed by atoms with Gasteiger partial charge in [0.15, 0.2) is 0 Å². The summed E-state index contributed by atoms with van der Waals surface area (Å²) in [7, 11) is 0. The number of aromatic nitrogens is 2. The molecule has 2 amide bonds. The second-order valence-corrected chi connectivity index (χ2v) is 8.52. The summed E-state index contributed by atoms with van der Waals surface area (Å²) < 4.78 is 5.14. The lowest BCUT2D eigenvalue weighted by Gasteiger charge is -2.32. The minimum atomic E-state index is -0.918. The van der Waals surface area contributed by atoms with Crippen LogP contribution in [0.1, 0.15) is 43.2 Å². The molecule has 1 saturated heterocycles. The first-order valence-corrected chi connectivity index (χ1v) is 11.6. The van der Waals surface area contributed by atoms with Crippen LogP contribution in [0.3, 0.4) is 0 Å². The molecule has 180 valence electrons. The Morgan fingerprint density at radius 2 is 2.03 bits per heavy atom. The van der Waals surface area contributed by atoms with E-state index in [2.05, 4.69) is 20.6 Å². The molecule has 2 aliphatic heterocycles. The first kappa shape index (κ1) is 23.5. The van der Waals surface area contributed by atoms with Crippen LogP contribution in [-0.2, 0) is 25.5 Å². The van der Waals surface area contributed by atoms with Gasteiger partial charge < -0.3 is 20.3 Å². The lowest BCUT2D eigenvalue weighted by molar-refractivity contribution is -0.148. The highest BCUT2D eigenvalue weighted by Crippen LogP contribution is 2.30. The second kappa shape index (κ2) is 10.5. The molecule has 0 saturated carbocycles. The molecule has 2 aromatic rings. The Labute approximate surface area is 197 Å². The quantitative estimate of drug-likeness (QED) is 0.523. The van der Waals surface area contributed by atoms with Gasteiger partial charge in [-0.3, -0.25) is 24.2 Å². The maximum atomic E-state index is 13.0. The minimum Gasteiger partial charge on any atom is -0.466 e. The number of benzene rings is 1. The van der Waals surface area contributed by atoms with E-state index in [1.165, 1.54) is 0 Å². The van der Waals surface area contributed by atoms with Gasteiger partial charge in [0.25, 0.3) is 5.56 Å². The van der Waals surface area contributed by atoms with Crippen LogP contribution in [0.25, 0.3) is 0 Å². The SMILES string of the molecule is CCOC(=O)C1CCCN(c2nc3c(c(=O)[nH]2)C(C(=O)NCCc2ccccc2)CC(=O)N3)C1. The van der Waals surface area contributed by atoms with Gasteiger partial charge >= 0.3 is 5.97 Å². The van der Waals surface area contributed by atoms with Crippen LogP contribution in [0.2, 0.25) is 0 Å². The second-order valence-electron chi connectivity index (χ2n) is 8.52. The number of H-pyrrole nitrogens is 1. The summed E-state index contributed by atoms with van der Waals surface area (Å²) in [5.74, 6) is -1.89. The highest BCUT2D eigenvalue weighted by Gasteiger charge is 2.36. The Balaban J connectivity index is 1.50. The fraction of sp³-hybridized carbons (Fsp3) is 0.458. The van der Waals surface area contributed by atoms with Crippen LogP contribution in [-0.4, -0.2) is 54.0 Å². The summed E-state index contributed by atoms with van der Waals surface area (Å²) in [5.41, 5.74) is 0.761. The van der Waals surface area contributed by atoms with Gasteiger partial charge in [-0.05, 0) is 31.7 Å². The number of nitrogens with zero attached hydrogens (tertiary/aromatic N) is 2. The molecule has 3 heterocycles. The standard InChI is InChI=1S/C24H29N5O5/c1-2-34-23(33)16-9-6-12-29(14-16)24-27-20-19(22(32)28-24)17(13-18(30)26-20)21(31)25-11-10-15-7-4-3-5-8-15/h3-5,7-8,16-17H,2,6,9-14H2,1H3,(H,25,31)(H2,26,27,28,30,32). The Morgan fingerprint density at radius 1 is 1.24 bits per heavy atom. The fourth-order valence-corrected chi connectivity index (χ4v) is 4.45. The summed E-state index contributed by atoms with van der Waals surface area (Å²) in [6.07, 6.45) is 1.96. The topological polar surface area (TPSA) is 133 Å². The number of hydrogen-bond acceptors (Lipinski definition) is 7. The van der Waals surface area contributed by atoms with Gasteiger partial charge in [-0.2, -0.15) is 4.98 Å². The molecule has 1 fully saturated rings. The van der Waals surface area contributed by atoms with Crippen LogP contribution in [0.4, 0.5) is 11.8 Å². The maximum absolute atomic E-state index is 13.0. The Bertz CT molecular complexity index is 1120. The molecular formula is C24H29N5O5. The van der Waals surface area contributed by atoms with Gasteiger partial charge in [-0.1, -0.05) is 30.3 Å². The number of aromatic amines is 1. The van der Waals surface area contributed by atoms with E-state index in [1.54, 1.807) is 6.92 Å². The molecule has 0 bridgehead atoms. The van der Waals surface area contributed by atoms with Gasteiger partial charge in [0.2, 0.25) is 17.8 Å². The lowest BCUT2D eigenvalue weighted by Crippen LogP contribution is -2.43. The van der Waals surface area contributed by atoms with E-state index in [1.807, 2.05) is 35.2 Å². The highest BCUT2D eigenvalue weighted by molar-refractivity contribution is 6.00. The van der Waals surface area contributed by atoms with Crippen molar-refractivity contribution in [1.29, 1.82) is 0 Å². The zero-order valence-electron chi connectivity index (χ0n) is 19.1. The summed E-state index contributed by atoms with van der Waals surface area (Å²) in [6, 6.07) is 9.73. The predicted molar refractivity (Wildman–Crippen MR) is 126 cm³/mol. The van der Waals surface area contributed by atoms with E-state index in [4.69, 9.17) is 4.74 Å². The van der Waals surface area contributed by atoms with Crippen LogP contribution in [0.15, 0.2) is 35.1 Å². The van der Waals surface area contributed by atoms with Crippen molar-refractivity contribution in [2.45, 2.75) is 38.5 Å². The molecule has 4 rings (SSSR count). The third-order valence-electron chi connectivity index (χ3n) is 6.15. The monoisotopic (exact) mass is 467 g/mol. The van der Waals surface area contributed by atoms with Crippen molar-refractivity contribution in [3.05, 3.63) is 51.8 Å². The van der Waals surface area contributed by atoms with Crippen LogP contribution < -0.4 is 21.1 Å². The van der Waals surface area contributed by atoms with Crippen molar-refractivity contribution in [3.8, 4) is 0 Å². The number of ether oxygens (including phenoxy) is 1. The zero-order valence-corrected chi connectivity index (χ0v) is 19.1. The fourth-order valence-electron chi connectivity index (χ4n) is 4.45. The molecular weight excluding hydrogens is 438 g/mol. The summed E-state index contributed by atoms with van der Waals surface area (Å²) >= 11 is 0. The predicted octanol–water partition coefficient (Wildman–Crippen LogP) is 1.33. The van der Waals surface area contributed by atoms with E-state index in [0.29, 0.717) is 39.1 Å². The number of hydrogen-bond donors (Lipinski definition) is 3. The third kappa shape index (κ3) is 5.27. The number of piperidine rings is 1. The molecule has 10 nitrogen and oxygen atoms in total. The molecule has 3 N–H and O–H groups in total. The normalized spacial score (nSPS) is 19.7. The summed E-state index contributed by atoms with van der Waals surface area (Å²) in [6.45, 7) is 3.43. The number of carbonyl (C=O) groups is 3. The van der Waals surface area contributed by atoms with E-state index >= 15 is 0 Å². The Morgan fingerprint density at radius 3 is 2.79 bits per heavy atom. The molecule has 2 atom stereocenters. The molecule has 34 heavy (non-hydrogen) atoms. The zero-order chi connectivity index (χ0) is 24.1. The number of amides is 2. The van der Waals surface area contributed by atoms with Crippen LogP contribution in [0, 0.1) is 5.92 Å². The maximum Gasteiger partial charge on any atom is 0.310 e. The molecule has 10 heteroatoms. The molecule has 1 aromatic heterocycles. The van der Waals surface area contributed by atoms with Crippen molar-refractivity contribution in [2.75, 3.05) is 36.5 Å². The minimum absolute atomic E-state index is 0.0940. The van der Waals surface area contributed by atoms with E-state index in [9.17, 15) is 19.2 Å². The Kier molecular flexibility index (Phi) is 7.24. The van der Waals surface area contributed by atoms with E-state index in [0.717, 1.165) is 12.0 Å².